The topological polar surface area (TPSA) is 75.4 Å². The van der Waals surface area contributed by atoms with Crippen LogP contribution >= 0.6 is 11.3 Å². The second-order valence-electron chi connectivity index (χ2n) is 4.93. The molecule has 106 valence electrons. The highest BCUT2D eigenvalue weighted by Crippen LogP contribution is 2.28. The summed E-state index contributed by atoms with van der Waals surface area (Å²) in [6.45, 7) is 4.67. The number of anilines is 1. The highest BCUT2D eigenvalue weighted by molar-refractivity contribution is 7.17. The van der Waals surface area contributed by atoms with Gasteiger partial charge in [0, 0.05) is 26.2 Å². The molecular formula is C13H17N5OS. The average Bonchev–Trinajstić information content (AvgIpc) is 2.95. The minimum Gasteiger partial charge on any atom is -0.352 e. The van der Waals surface area contributed by atoms with Crippen LogP contribution in [-0.4, -0.2) is 53.0 Å². The van der Waals surface area contributed by atoms with E-state index in [9.17, 15) is 4.79 Å². The number of rotatable bonds is 2. The first-order valence-electron chi connectivity index (χ1n) is 6.64. The number of thiophene rings is 1. The third-order valence-corrected chi connectivity index (χ3v) is 4.40. The van der Waals surface area contributed by atoms with E-state index in [4.69, 9.17) is 5.73 Å². The van der Waals surface area contributed by atoms with Gasteiger partial charge < -0.3 is 15.5 Å². The van der Waals surface area contributed by atoms with Gasteiger partial charge in [-0.05, 0) is 18.4 Å². The highest BCUT2D eigenvalue weighted by atomic mass is 32.1. The Kier molecular flexibility index (Phi) is 3.54. The third kappa shape index (κ3) is 2.34. The number of carbonyl (C=O) groups is 1. The van der Waals surface area contributed by atoms with Gasteiger partial charge >= 0.3 is 0 Å². The molecule has 1 aliphatic rings. The summed E-state index contributed by atoms with van der Waals surface area (Å²) in [5.74, 6) is 0.992. The van der Waals surface area contributed by atoms with Crippen molar-refractivity contribution >= 4 is 33.3 Å². The lowest BCUT2D eigenvalue weighted by Crippen LogP contribution is -2.52. The van der Waals surface area contributed by atoms with Gasteiger partial charge in [0.25, 0.3) is 0 Å². The van der Waals surface area contributed by atoms with Crippen molar-refractivity contribution in [3.8, 4) is 0 Å². The molecule has 0 bridgehead atoms. The number of amides is 1. The molecule has 0 aliphatic carbocycles. The normalized spacial score (nSPS) is 17.5. The average molecular weight is 291 g/mol. The molecule has 3 rings (SSSR count). The summed E-state index contributed by atoms with van der Waals surface area (Å²) >= 11 is 1.65. The summed E-state index contributed by atoms with van der Waals surface area (Å²) in [6, 6.07) is 1.57. The molecule has 1 saturated heterocycles. The molecule has 2 N–H and O–H groups in total. The number of hydrogen-bond donors (Lipinski definition) is 1. The molecule has 2 aromatic rings. The fourth-order valence-corrected chi connectivity index (χ4v) is 3.29. The SMILES string of the molecule is CC(N)C(=O)N1CCN(c2ncnc3ccsc23)CC1. The van der Waals surface area contributed by atoms with E-state index in [1.807, 2.05) is 16.3 Å². The zero-order valence-corrected chi connectivity index (χ0v) is 12.1. The second-order valence-corrected chi connectivity index (χ2v) is 5.85. The second kappa shape index (κ2) is 5.34. The van der Waals surface area contributed by atoms with E-state index in [0.717, 1.165) is 29.1 Å². The van der Waals surface area contributed by atoms with Crippen LogP contribution in [-0.2, 0) is 4.79 Å². The molecule has 3 heterocycles. The highest BCUT2D eigenvalue weighted by Gasteiger charge is 2.24. The monoisotopic (exact) mass is 291 g/mol. The quantitative estimate of drug-likeness (QED) is 0.881. The zero-order chi connectivity index (χ0) is 14.1. The summed E-state index contributed by atoms with van der Waals surface area (Å²) in [5, 5.41) is 2.03. The van der Waals surface area contributed by atoms with Crippen LogP contribution in [0.4, 0.5) is 5.82 Å². The molecule has 1 unspecified atom stereocenters. The van der Waals surface area contributed by atoms with Crippen LogP contribution in [0.3, 0.4) is 0 Å². The molecule has 20 heavy (non-hydrogen) atoms. The minimum absolute atomic E-state index is 0.0219. The number of aromatic nitrogens is 2. The van der Waals surface area contributed by atoms with Crippen molar-refractivity contribution in [3.05, 3.63) is 17.8 Å². The zero-order valence-electron chi connectivity index (χ0n) is 11.3. The fourth-order valence-electron chi connectivity index (χ4n) is 2.43. The smallest absolute Gasteiger partial charge is 0.239 e. The lowest BCUT2D eigenvalue weighted by atomic mass is 10.2. The molecule has 0 radical (unpaired) electrons. The Balaban J connectivity index is 1.75. The number of fused-ring (bicyclic) bond motifs is 1. The van der Waals surface area contributed by atoms with Gasteiger partial charge in [0.15, 0.2) is 0 Å². The standard InChI is InChI=1S/C13H17N5OS/c1-9(14)13(19)18-5-3-17(4-6-18)12-11-10(2-7-20-11)15-8-16-12/h2,7-9H,3-6,14H2,1H3. The first-order chi connectivity index (χ1) is 9.66. The number of nitrogens with zero attached hydrogens (tertiary/aromatic N) is 4. The summed E-state index contributed by atoms with van der Waals surface area (Å²) in [4.78, 5) is 24.6. The fraction of sp³-hybridized carbons (Fsp3) is 0.462. The largest absolute Gasteiger partial charge is 0.352 e. The van der Waals surface area contributed by atoms with Crippen molar-refractivity contribution in [1.82, 2.24) is 14.9 Å². The summed E-state index contributed by atoms with van der Waals surface area (Å²) < 4.78 is 1.11. The van der Waals surface area contributed by atoms with Crippen LogP contribution in [0.25, 0.3) is 10.2 Å². The number of hydrogen-bond acceptors (Lipinski definition) is 6. The van der Waals surface area contributed by atoms with Gasteiger partial charge in [-0.3, -0.25) is 4.79 Å². The molecule has 6 nitrogen and oxygen atoms in total. The predicted octanol–water partition coefficient (Wildman–Crippen LogP) is 0.687. The molecular weight excluding hydrogens is 274 g/mol. The number of piperazine rings is 1. The molecule has 1 fully saturated rings. The van der Waals surface area contributed by atoms with E-state index >= 15 is 0 Å². The molecule has 2 aromatic heterocycles. The summed E-state index contributed by atoms with van der Waals surface area (Å²) in [6.07, 6.45) is 1.60. The Hall–Kier alpha value is -1.73. The van der Waals surface area contributed by atoms with Crippen LogP contribution in [0.15, 0.2) is 17.8 Å². The van der Waals surface area contributed by atoms with Crippen LogP contribution in [0.5, 0.6) is 0 Å². The molecule has 0 aromatic carbocycles. The van der Waals surface area contributed by atoms with Crippen molar-refractivity contribution in [2.24, 2.45) is 5.73 Å². The first-order valence-corrected chi connectivity index (χ1v) is 7.52. The van der Waals surface area contributed by atoms with E-state index in [-0.39, 0.29) is 5.91 Å². The maximum absolute atomic E-state index is 11.9. The Morgan fingerprint density at radius 2 is 2.10 bits per heavy atom. The van der Waals surface area contributed by atoms with Crippen LogP contribution < -0.4 is 10.6 Å². The van der Waals surface area contributed by atoms with Crippen LogP contribution in [0, 0.1) is 0 Å². The molecule has 1 aliphatic heterocycles. The maximum Gasteiger partial charge on any atom is 0.239 e. The molecule has 0 spiro atoms. The van der Waals surface area contributed by atoms with Crippen molar-refractivity contribution in [2.75, 3.05) is 31.1 Å². The van der Waals surface area contributed by atoms with E-state index < -0.39 is 6.04 Å². The van der Waals surface area contributed by atoms with Crippen molar-refractivity contribution in [1.29, 1.82) is 0 Å². The lowest BCUT2D eigenvalue weighted by Gasteiger charge is -2.36. The third-order valence-electron chi connectivity index (χ3n) is 3.50. The summed E-state index contributed by atoms with van der Waals surface area (Å²) in [5.41, 5.74) is 6.63. The molecule has 0 saturated carbocycles. The van der Waals surface area contributed by atoms with Crippen molar-refractivity contribution < 1.29 is 4.79 Å². The van der Waals surface area contributed by atoms with Gasteiger partial charge in [0.05, 0.1) is 16.3 Å². The van der Waals surface area contributed by atoms with Gasteiger partial charge in [-0.2, -0.15) is 0 Å². The minimum atomic E-state index is -0.426. The number of carbonyl (C=O) groups excluding carboxylic acids is 1. The first kappa shape index (κ1) is 13.3. The van der Waals surface area contributed by atoms with Crippen LogP contribution in [0.1, 0.15) is 6.92 Å². The Labute approximate surface area is 121 Å². The van der Waals surface area contributed by atoms with Crippen LogP contribution in [0.2, 0.25) is 0 Å². The Morgan fingerprint density at radius 3 is 2.80 bits per heavy atom. The van der Waals surface area contributed by atoms with E-state index in [1.165, 1.54) is 0 Å². The number of nitrogens with two attached hydrogens (primary N) is 1. The predicted molar refractivity (Wildman–Crippen MR) is 79.9 cm³/mol. The molecule has 7 heteroatoms. The molecule has 1 amide bonds. The van der Waals surface area contributed by atoms with Gasteiger partial charge in [-0.15, -0.1) is 11.3 Å². The van der Waals surface area contributed by atoms with Gasteiger partial charge in [0.1, 0.15) is 12.1 Å². The van der Waals surface area contributed by atoms with E-state index in [2.05, 4.69) is 14.9 Å². The molecule has 1 atom stereocenters. The maximum atomic E-state index is 11.9. The van der Waals surface area contributed by atoms with Crippen molar-refractivity contribution in [3.63, 3.8) is 0 Å². The van der Waals surface area contributed by atoms with Gasteiger partial charge in [-0.1, -0.05) is 0 Å². The van der Waals surface area contributed by atoms with Crippen molar-refractivity contribution in [2.45, 2.75) is 13.0 Å². The van der Waals surface area contributed by atoms with Gasteiger partial charge in [-0.25, -0.2) is 9.97 Å². The Bertz CT molecular complexity index is 618. The van der Waals surface area contributed by atoms with E-state index in [0.29, 0.717) is 13.1 Å². The van der Waals surface area contributed by atoms with Gasteiger partial charge in [0.2, 0.25) is 5.91 Å². The summed E-state index contributed by atoms with van der Waals surface area (Å²) in [7, 11) is 0. The Morgan fingerprint density at radius 1 is 1.35 bits per heavy atom. The van der Waals surface area contributed by atoms with E-state index in [1.54, 1.807) is 24.6 Å². The lowest BCUT2D eigenvalue weighted by molar-refractivity contribution is -0.132.